The Labute approximate surface area is 75.9 Å². The minimum Gasteiger partial charge on any atom is -0.204 e. The summed E-state index contributed by atoms with van der Waals surface area (Å²) in [5, 5.41) is -1.19. The molecule has 0 saturated carbocycles. The Kier molecular flexibility index (Phi) is 2.52. The van der Waals surface area contributed by atoms with Gasteiger partial charge in [-0.3, -0.25) is 0 Å². The van der Waals surface area contributed by atoms with E-state index in [0.29, 0.717) is 0 Å². The van der Waals surface area contributed by atoms with E-state index in [1.54, 1.807) is 0 Å². The fraction of sp³-hybridized carbons (Fsp3) is 0. The molecule has 0 spiro atoms. The fourth-order valence-electron chi connectivity index (χ4n) is 0.462. The third-order valence-corrected chi connectivity index (χ3v) is 2.13. The van der Waals surface area contributed by atoms with Crippen LogP contribution in [-0.4, -0.2) is 4.98 Å². The van der Waals surface area contributed by atoms with Gasteiger partial charge in [0, 0.05) is 0 Å². The van der Waals surface area contributed by atoms with Crippen molar-refractivity contribution in [2.45, 2.75) is 0 Å². The molecule has 0 saturated heterocycles. The van der Waals surface area contributed by atoms with Crippen molar-refractivity contribution in [1.29, 1.82) is 0 Å². The zero-order valence-corrected chi connectivity index (χ0v) is 7.10. The van der Waals surface area contributed by atoms with Gasteiger partial charge in [0.15, 0.2) is 11.0 Å². The van der Waals surface area contributed by atoms with Crippen LogP contribution in [0.3, 0.4) is 0 Å². The predicted octanol–water partition coefficient (Wildman–Crippen LogP) is 3.32. The summed E-state index contributed by atoms with van der Waals surface area (Å²) in [5.41, 5.74) is 0. The Morgan fingerprint density at radius 1 is 1.00 bits per heavy atom. The highest BCUT2D eigenvalue weighted by atomic mass is 35.5. The molecule has 1 heterocycles. The predicted molar refractivity (Wildman–Crippen MR) is 39.2 cm³/mol. The highest BCUT2D eigenvalue weighted by Gasteiger charge is 2.15. The van der Waals surface area contributed by atoms with Gasteiger partial charge in [-0.25, -0.2) is 9.37 Å². The Balaban J connectivity index is 3.46. The van der Waals surface area contributed by atoms with Gasteiger partial charge in [0.25, 0.3) is 5.95 Å². The van der Waals surface area contributed by atoms with Crippen molar-refractivity contribution in [2.24, 2.45) is 0 Å². The molecule has 1 rings (SSSR count). The number of hydrogen-bond donors (Lipinski definition) is 0. The van der Waals surface area contributed by atoms with E-state index in [1.165, 1.54) is 0 Å². The van der Waals surface area contributed by atoms with E-state index >= 15 is 0 Å². The Morgan fingerprint density at radius 3 is 2.09 bits per heavy atom. The lowest BCUT2D eigenvalue weighted by molar-refractivity contribution is 0.480. The number of aromatic nitrogens is 1. The maximum atomic E-state index is 12.5. The lowest BCUT2D eigenvalue weighted by Gasteiger charge is -1.98. The normalized spacial score (nSPS) is 10.3. The summed E-state index contributed by atoms with van der Waals surface area (Å²) in [6.45, 7) is 0. The Bertz CT molecular complexity index is 276. The summed E-state index contributed by atoms with van der Waals surface area (Å²) in [5.74, 6) is -2.65. The van der Waals surface area contributed by atoms with Gasteiger partial charge in [-0.05, 0) is 0 Å². The highest BCUT2D eigenvalue weighted by molar-refractivity contribution is 6.47. The molecule has 0 fully saturated rings. The van der Waals surface area contributed by atoms with Crippen LogP contribution in [0.4, 0.5) is 8.78 Å². The first-order chi connectivity index (χ1) is 5.04. The van der Waals surface area contributed by atoms with Gasteiger partial charge in [-0.1, -0.05) is 34.8 Å². The summed E-state index contributed by atoms with van der Waals surface area (Å²) in [6, 6.07) is 0. The van der Waals surface area contributed by atoms with Gasteiger partial charge in [0.05, 0.1) is 5.02 Å². The van der Waals surface area contributed by atoms with Crippen LogP contribution in [0.15, 0.2) is 0 Å². The minimum absolute atomic E-state index is 0.285. The third-order valence-electron chi connectivity index (χ3n) is 0.944. The molecule has 0 aliphatic rings. The average molecular weight is 218 g/mol. The quantitative estimate of drug-likeness (QED) is 0.609. The van der Waals surface area contributed by atoms with Crippen LogP contribution in [-0.2, 0) is 0 Å². The first-order valence-corrected chi connectivity index (χ1v) is 3.53. The van der Waals surface area contributed by atoms with Gasteiger partial charge in [-0.15, -0.1) is 0 Å². The molecular formula is C5Cl3F2N. The molecule has 0 aliphatic heterocycles. The van der Waals surface area contributed by atoms with Gasteiger partial charge < -0.3 is 0 Å². The Morgan fingerprint density at radius 2 is 1.55 bits per heavy atom. The molecule has 0 bridgehead atoms. The van der Waals surface area contributed by atoms with Crippen molar-refractivity contribution in [2.75, 3.05) is 0 Å². The zero-order chi connectivity index (χ0) is 8.59. The molecule has 0 unspecified atom stereocenters. The fourth-order valence-corrected chi connectivity index (χ4v) is 0.972. The van der Waals surface area contributed by atoms with Crippen LogP contribution in [0, 0.1) is 11.8 Å². The monoisotopic (exact) mass is 217 g/mol. The van der Waals surface area contributed by atoms with Crippen molar-refractivity contribution in [3.63, 3.8) is 0 Å². The van der Waals surface area contributed by atoms with Crippen LogP contribution in [0.1, 0.15) is 0 Å². The smallest absolute Gasteiger partial charge is 0.204 e. The van der Waals surface area contributed by atoms with Crippen LogP contribution >= 0.6 is 34.8 Å². The van der Waals surface area contributed by atoms with Crippen LogP contribution in [0.5, 0.6) is 0 Å². The van der Waals surface area contributed by atoms with E-state index in [9.17, 15) is 8.78 Å². The molecule has 0 amide bonds. The number of pyridine rings is 1. The average Bonchev–Trinajstić information content (AvgIpc) is 1.97. The Hall–Kier alpha value is -0.120. The zero-order valence-electron chi connectivity index (χ0n) is 4.84. The molecule has 1 nitrogen and oxygen atoms in total. The number of halogens is 5. The lowest BCUT2D eigenvalue weighted by atomic mass is 10.5. The topological polar surface area (TPSA) is 12.9 Å². The largest absolute Gasteiger partial charge is 0.252 e. The van der Waals surface area contributed by atoms with Crippen molar-refractivity contribution in [1.82, 2.24) is 4.98 Å². The summed E-state index contributed by atoms with van der Waals surface area (Å²) >= 11 is 15.8. The van der Waals surface area contributed by atoms with Crippen LogP contribution in [0.25, 0.3) is 0 Å². The summed E-state index contributed by atoms with van der Waals surface area (Å²) in [6.07, 6.45) is 0. The molecule has 0 radical (unpaired) electrons. The summed E-state index contributed by atoms with van der Waals surface area (Å²) in [7, 11) is 0. The summed E-state index contributed by atoms with van der Waals surface area (Å²) in [4.78, 5) is 2.94. The van der Waals surface area contributed by atoms with Crippen molar-refractivity contribution >= 4 is 34.8 Å². The molecule has 0 aromatic carbocycles. The van der Waals surface area contributed by atoms with Crippen LogP contribution < -0.4 is 0 Å². The molecular weight excluding hydrogens is 218 g/mol. The number of nitrogens with zero attached hydrogens (tertiary/aromatic N) is 1. The summed E-state index contributed by atoms with van der Waals surface area (Å²) < 4.78 is 24.8. The molecule has 1 aromatic heterocycles. The second kappa shape index (κ2) is 3.09. The second-order valence-corrected chi connectivity index (χ2v) is 2.75. The van der Waals surface area contributed by atoms with E-state index in [2.05, 4.69) is 4.98 Å². The number of rotatable bonds is 0. The molecule has 60 valence electrons. The second-order valence-electron chi connectivity index (χ2n) is 1.64. The van der Waals surface area contributed by atoms with Gasteiger partial charge >= 0.3 is 0 Å². The van der Waals surface area contributed by atoms with E-state index in [4.69, 9.17) is 34.8 Å². The lowest BCUT2D eigenvalue weighted by Crippen LogP contribution is -1.92. The number of hydrogen-bond acceptors (Lipinski definition) is 1. The molecule has 0 aliphatic carbocycles. The molecule has 11 heavy (non-hydrogen) atoms. The molecule has 1 aromatic rings. The molecule has 6 heteroatoms. The SMILES string of the molecule is Fc1nc(Cl)c(Cl)c(Cl)c1F. The van der Waals surface area contributed by atoms with Crippen molar-refractivity contribution in [3.05, 3.63) is 27.0 Å². The van der Waals surface area contributed by atoms with Crippen molar-refractivity contribution in [3.8, 4) is 0 Å². The first-order valence-electron chi connectivity index (χ1n) is 2.39. The minimum atomic E-state index is -1.36. The first kappa shape index (κ1) is 8.97. The van der Waals surface area contributed by atoms with E-state index in [0.717, 1.165) is 0 Å². The van der Waals surface area contributed by atoms with Gasteiger partial charge in [0.2, 0.25) is 0 Å². The van der Waals surface area contributed by atoms with Gasteiger partial charge in [0.1, 0.15) is 5.02 Å². The van der Waals surface area contributed by atoms with Crippen molar-refractivity contribution < 1.29 is 8.78 Å². The molecule has 0 N–H and O–H groups in total. The highest BCUT2D eigenvalue weighted by Crippen LogP contribution is 2.30. The van der Waals surface area contributed by atoms with Crippen LogP contribution in [0.2, 0.25) is 15.2 Å². The van der Waals surface area contributed by atoms with Gasteiger partial charge in [-0.2, -0.15) is 4.39 Å². The standard InChI is InChI=1S/C5Cl3F2N/c6-1-2(7)4(8)11-5(10)3(1)9. The third kappa shape index (κ3) is 1.55. The molecule has 0 atom stereocenters. The maximum absolute atomic E-state index is 12.5. The van der Waals surface area contributed by atoms with E-state index in [1.807, 2.05) is 0 Å². The van der Waals surface area contributed by atoms with E-state index in [-0.39, 0.29) is 10.2 Å². The van der Waals surface area contributed by atoms with E-state index < -0.39 is 16.8 Å². The maximum Gasteiger partial charge on any atom is 0.252 e.